The minimum Gasteiger partial charge on any atom is -0.480 e. The number of nitrogens with one attached hydrogen (secondary N) is 2. The van der Waals surface area contributed by atoms with E-state index >= 15 is 0 Å². The molecular formula is C16H20N2O4. The number of para-hydroxylation sites is 1. The molecule has 4 N–H and O–H groups in total. The van der Waals surface area contributed by atoms with Gasteiger partial charge in [-0.05, 0) is 18.1 Å². The molecule has 0 saturated carbocycles. The summed E-state index contributed by atoms with van der Waals surface area (Å²) in [5.74, 6) is -2.07. The first-order valence-corrected chi connectivity index (χ1v) is 7.29. The third kappa shape index (κ3) is 3.65. The topological polar surface area (TPSA) is 102 Å². The van der Waals surface area contributed by atoms with Crippen LogP contribution in [-0.4, -0.2) is 39.2 Å². The van der Waals surface area contributed by atoms with E-state index in [-0.39, 0.29) is 6.42 Å². The van der Waals surface area contributed by atoms with Crippen molar-refractivity contribution in [2.24, 2.45) is 0 Å². The van der Waals surface area contributed by atoms with Crippen LogP contribution >= 0.6 is 0 Å². The van der Waals surface area contributed by atoms with Gasteiger partial charge in [0.25, 0.3) is 0 Å². The SMILES string of the molecule is CCCC(N[C@H](Cc1c[nH]c2ccccc12)C(=O)O)C(=O)O. The molecule has 118 valence electrons. The minimum atomic E-state index is -1.05. The second-order valence-corrected chi connectivity index (χ2v) is 5.30. The van der Waals surface area contributed by atoms with Gasteiger partial charge in [0.05, 0.1) is 0 Å². The third-order valence-corrected chi connectivity index (χ3v) is 3.67. The number of H-pyrrole nitrogens is 1. The second-order valence-electron chi connectivity index (χ2n) is 5.30. The summed E-state index contributed by atoms with van der Waals surface area (Å²) in [5.41, 5.74) is 1.79. The number of aromatic amines is 1. The highest BCUT2D eigenvalue weighted by Gasteiger charge is 2.26. The lowest BCUT2D eigenvalue weighted by Crippen LogP contribution is -2.48. The van der Waals surface area contributed by atoms with Crippen LogP contribution in [0.2, 0.25) is 0 Å². The molecule has 1 heterocycles. The molecule has 1 aromatic heterocycles. The fourth-order valence-electron chi connectivity index (χ4n) is 2.55. The molecule has 22 heavy (non-hydrogen) atoms. The average Bonchev–Trinajstić information content (AvgIpc) is 2.88. The Bertz CT molecular complexity index is 665. The Balaban J connectivity index is 2.18. The van der Waals surface area contributed by atoms with E-state index in [9.17, 15) is 19.8 Å². The van der Waals surface area contributed by atoms with Crippen LogP contribution in [0.25, 0.3) is 10.9 Å². The molecular weight excluding hydrogens is 284 g/mol. The maximum Gasteiger partial charge on any atom is 0.321 e. The van der Waals surface area contributed by atoms with Crippen molar-refractivity contribution in [1.82, 2.24) is 10.3 Å². The summed E-state index contributed by atoms with van der Waals surface area (Å²) >= 11 is 0. The predicted molar refractivity (Wildman–Crippen MR) is 82.9 cm³/mol. The predicted octanol–water partition coefficient (Wildman–Crippen LogP) is 2.01. The largest absolute Gasteiger partial charge is 0.480 e. The fourth-order valence-corrected chi connectivity index (χ4v) is 2.55. The fraction of sp³-hybridized carbons (Fsp3) is 0.375. The van der Waals surface area contributed by atoms with Crippen LogP contribution in [0, 0.1) is 0 Å². The van der Waals surface area contributed by atoms with Crippen LogP contribution < -0.4 is 5.32 Å². The molecule has 0 aliphatic carbocycles. The van der Waals surface area contributed by atoms with Gasteiger partial charge in [-0.15, -0.1) is 0 Å². The minimum absolute atomic E-state index is 0.229. The number of aromatic nitrogens is 1. The number of fused-ring (bicyclic) bond motifs is 1. The highest BCUT2D eigenvalue weighted by Crippen LogP contribution is 2.19. The summed E-state index contributed by atoms with van der Waals surface area (Å²) in [6.45, 7) is 1.87. The van der Waals surface area contributed by atoms with Crippen molar-refractivity contribution < 1.29 is 19.8 Å². The van der Waals surface area contributed by atoms with Gasteiger partial charge < -0.3 is 15.2 Å². The zero-order valence-corrected chi connectivity index (χ0v) is 12.4. The third-order valence-electron chi connectivity index (χ3n) is 3.67. The number of hydrogen-bond donors (Lipinski definition) is 4. The van der Waals surface area contributed by atoms with Gasteiger partial charge in [0.15, 0.2) is 0 Å². The Kier molecular flexibility index (Phi) is 5.16. The summed E-state index contributed by atoms with van der Waals surface area (Å²) < 4.78 is 0. The highest BCUT2D eigenvalue weighted by atomic mass is 16.4. The van der Waals surface area contributed by atoms with Gasteiger partial charge in [-0.3, -0.25) is 14.9 Å². The smallest absolute Gasteiger partial charge is 0.321 e. The summed E-state index contributed by atoms with van der Waals surface area (Å²) in [7, 11) is 0. The van der Waals surface area contributed by atoms with Gasteiger partial charge in [-0.1, -0.05) is 31.5 Å². The molecule has 0 aliphatic rings. The number of carboxylic acid groups (broad SMARTS) is 2. The molecule has 0 aliphatic heterocycles. The first-order valence-electron chi connectivity index (χ1n) is 7.29. The van der Waals surface area contributed by atoms with Gasteiger partial charge in [0, 0.05) is 23.5 Å². The van der Waals surface area contributed by atoms with Crippen molar-refractivity contribution in [2.45, 2.75) is 38.3 Å². The molecule has 2 atom stereocenters. The Morgan fingerprint density at radius 2 is 1.86 bits per heavy atom. The number of carboxylic acids is 2. The Morgan fingerprint density at radius 3 is 2.50 bits per heavy atom. The van der Waals surface area contributed by atoms with E-state index in [1.165, 1.54) is 0 Å². The van der Waals surface area contributed by atoms with Gasteiger partial charge in [-0.25, -0.2) is 0 Å². The maximum atomic E-state index is 11.5. The van der Waals surface area contributed by atoms with E-state index in [1.807, 2.05) is 31.2 Å². The summed E-state index contributed by atoms with van der Waals surface area (Å²) in [6.07, 6.45) is 3.07. The first kappa shape index (κ1) is 16.0. The van der Waals surface area contributed by atoms with Crippen LogP contribution in [0.1, 0.15) is 25.3 Å². The van der Waals surface area contributed by atoms with Crippen LogP contribution in [0.4, 0.5) is 0 Å². The van der Waals surface area contributed by atoms with Crippen molar-refractivity contribution in [1.29, 1.82) is 0 Å². The monoisotopic (exact) mass is 304 g/mol. The molecule has 1 aromatic carbocycles. The molecule has 0 saturated heterocycles. The Labute approximate surface area is 128 Å². The normalized spacial score (nSPS) is 13.9. The summed E-state index contributed by atoms with van der Waals surface area (Å²) in [4.78, 5) is 25.8. The molecule has 6 heteroatoms. The van der Waals surface area contributed by atoms with Crippen molar-refractivity contribution in [3.63, 3.8) is 0 Å². The van der Waals surface area contributed by atoms with E-state index in [2.05, 4.69) is 10.3 Å². The molecule has 2 rings (SSSR count). The van der Waals surface area contributed by atoms with Crippen LogP contribution in [-0.2, 0) is 16.0 Å². The number of benzene rings is 1. The van der Waals surface area contributed by atoms with Crippen molar-refractivity contribution in [2.75, 3.05) is 0 Å². The second kappa shape index (κ2) is 7.09. The molecule has 0 bridgehead atoms. The first-order chi connectivity index (χ1) is 10.5. The average molecular weight is 304 g/mol. The van der Waals surface area contributed by atoms with Crippen molar-refractivity contribution in [3.05, 3.63) is 36.0 Å². The Hall–Kier alpha value is -2.34. The highest BCUT2D eigenvalue weighted by molar-refractivity contribution is 5.84. The summed E-state index contributed by atoms with van der Waals surface area (Å²) in [5, 5.41) is 22.2. The number of carbonyl (C=O) groups is 2. The zero-order valence-electron chi connectivity index (χ0n) is 12.4. The maximum absolute atomic E-state index is 11.5. The van der Waals surface area contributed by atoms with Crippen LogP contribution in [0.15, 0.2) is 30.5 Å². The van der Waals surface area contributed by atoms with Crippen LogP contribution in [0.5, 0.6) is 0 Å². The number of hydrogen-bond acceptors (Lipinski definition) is 3. The number of aliphatic carboxylic acids is 2. The lowest BCUT2D eigenvalue weighted by molar-refractivity contribution is -0.142. The molecule has 2 aromatic rings. The van der Waals surface area contributed by atoms with E-state index < -0.39 is 24.0 Å². The van der Waals surface area contributed by atoms with E-state index in [0.29, 0.717) is 12.8 Å². The molecule has 0 fully saturated rings. The lowest BCUT2D eigenvalue weighted by Gasteiger charge is -2.19. The molecule has 1 unspecified atom stereocenters. The quantitative estimate of drug-likeness (QED) is 0.597. The van der Waals surface area contributed by atoms with Crippen molar-refractivity contribution in [3.8, 4) is 0 Å². The van der Waals surface area contributed by atoms with Crippen molar-refractivity contribution >= 4 is 22.8 Å². The number of rotatable bonds is 8. The van der Waals surface area contributed by atoms with E-state index in [1.54, 1.807) is 6.20 Å². The molecule has 6 nitrogen and oxygen atoms in total. The summed E-state index contributed by atoms with van der Waals surface area (Å²) in [6, 6.07) is 5.83. The molecule has 0 amide bonds. The molecule has 0 spiro atoms. The lowest BCUT2D eigenvalue weighted by atomic mass is 10.0. The van der Waals surface area contributed by atoms with Crippen LogP contribution in [0.3, 0.4) is 0 Å². The zero-order chi connectivity index (χ0) is 16.1. The van der Waals surface area contributed by atoms with E-state index in [0.717, 1.165) is 16.5 Å². The van der Waals surface area contributed by atoms with Gasteiger partial charge in [0.1, 0.15) is 12.1 Å². The van der Waals surface area contributed by atoms with Gasteiger partial charge in [-0.2, -0.15) is 0 Å². The van der Waals surface area contributed by atoms with Gasteiger partial charge >= 0.3 is 11.9 Å². The van der Waals surface area contributed by atoms with Gasteiger partial charge in [0.2, 0.25) is 0 Å². The standard InChI is InChI=1S/C16H20N2O4/c1-2-5-13(15(19)20)18-14(16(21)22)8-10-9-17-12-7-4-3-6-11(10)12/h3-4,6-7,9,13-14,17-18H,2,5,8H2,1H3,(H,19,20)(H,21,22)/t13?,14-/m1/s1. The van der Waals surface area contributed by atoms with E-state index in [4.69, 9.17) is 0 Å². The Morgan fingerprint density at radius 1 is 1.18 bits per heavy atom. The molecule has 0 radical (unpaired) electrons.